The van der Waals surface area contributed by atoms with E-state index in [1.54, 1.807) is 5.57 Å². The highest BCUT2D eigenvalue weighted by atomic mass is 15.2. The van der Waals surface area contributed by atoms with E-state index < -0.39 is 0 Å². The summed E-state index contributed by atoms with van der Waals surface area (Å²) in [7, 11) is 2.31. The van der Waals surface area contributed by atoms with Gasteiger partial charge in [0.05, 0.1) is 0 Å². The van der Waals surface area contributed by atoms with Crippen LogP contribution < -0.4 is 0 Å². The normalized spacial score (nSPS) is 16.9. The third-order valence-electron chi connectivity index (χ3n) is 6.10. The lowest BCUT2D eigenvalue weighted by atomic mass is 9.70. The van der Waals surface area contributed by atoms with Gasteiger partial charge in [-0.1, -0.05) is 80.4 Å². The van der Waals surface area contributed by atoms with Gasteiger partial charge in [0.15, 0.2) is 0 Å². The molecule has 0 amide bonds. The molecule has 0 heterocycles. The van der Waals surface area contributed by atoms with E-state index in [1.165, 1.54) is 38.5 Å². The fraction of sp³-hybridized carbons (Fsp3) is 0.923. The summed E-state index contributed by atoms with van der Waals surface area (Å²) < 4.78 is 0. The first-order valence-corrected chi connectivity index (χ1v) is 11.4. The minimum atomic E-state index is 0.260. The Bertz CT molecular complexity index is 461. The van der Waals surface area contributed by atoms with Gasteiger partial charge in [-0.25, -0.2) is 0 Å². The molecule has 1 atom stereocenters. The molecule has 0 aromatic rings. The summed E-state index contributed by atoms with van der Waals surface area (Å²) in [4.78, 5) is 2.58. The number of hydrogen-bond acceptors (Lipinski definition) is 1. The van der Waals surface area contributed by atoms with Crippen molar-refractivity contribution in [3.63, 3.8) is 0 Å². The highest BCUT2D eigenvalue weighted by Crippen LogP contribution is 2.42. The van der Waals surface area contributed by atoms with Crippen LogP contribution in [0, 0.1) is 16.2 Å². The number of allylic oxidation sites excluding steroid dienone is 2. The maximum absolute atomic E-state index is 2.62. The number of hydrogen-bond donors (Lipinski definition) is 0. The molecule has 0 saturated carbocycles. The summed E-state index contributed by atoms with van der Waals surface area (Å²) in [6.07, 6.45) is 10.00. The number of nitrogens with zero attached hydrogens (tertiary/aromatic N) is 1. The van der Waals surface area contributed by atoms with Crippen molar-refractivity contribution >= 4 is 0 Å². The first-order valence-electron chi connectivity index (χ1n) is 11.4. The highest BCUT2D eigenvalue weighted by molar-refractivity contribution is 5.11. The summed E-state index contributed by atoms with van der Waals surface area (Å²) >= 11 is 0. The van der Waals surface area contributed by atoms with Crippen LogP contribution >= 0.6 is 0 Å². The SMILES string of the molecule is CCC/C(=C/C(C)(C)CC(C)(C)C)CC(C)(C)CC(C)(CC)N(C)C(C)C. The molecular weight excluding hydrogens is 326 g/mol. The van der Waals surface area contributed by atoms with E-state index in [-0.39, 0.29) is 11.0 Å². The molecular formula is C26H53N. The molecule has 0 aliphatic rings. The quantitative estimate of drug-likeness (QED) is 0.325. The van der Waals surface area contributed by atoms with Gasteiger partial charge in [-0.2, -0.15) is 0 Å². The third kappa shape index (κ3) is 10.2. The molecule has 162 valence electrons. The van der Waals surface area contributed by atoms with Gasteiger partial charge in [0.2, 0.25) is 0 Å². The van der Waals surface area contributed by atoms with Crippen molar-refractivity contribution in [2.45, 2.75) is 133 Å². The Morgan fingerprint density at radius 3 is 1.78 bits per heavy atom. The van der Waals surface area contributed by atoms with Crippen molar-refractivity contribution in [1.82, 2.24) is 4.90 Å². The monoisotopic (exact) mass is 379 g/mol. The van der Waals surface area contributed by atoms with Crippen LogP contribution in [0.1, 0.15) is 122 Å². The van der Waals surface area contributed by atoms with Crippen LogP contribution in [0.2, 0.25) is 0 Å². The van der Waals surface area contributed by atoms with Crippen molar-refractivity contribution in [3.05, 3.63) is 11.6 Å². The van der Waals surface area contributed by atoms with Crippen molar-refractivity contribution in [3.8, 4) is 0 Å². The van der Waals surface area contributed by atoms with Crippen molar-refractivity contribution in [2.75, 3.05) is 7.05 Å². The van der Waals surface area contributed by atoms with E-state index in [0.717, 1.165) is 0 Å². The molecule has 0 saturated heterocycles. The second-order valence-electron chi connectivity index (χ2n) is 12.4. The predicted octanol–water partition coefficient (Wildman–Crippen LogP) is 8.49. The largest absolute Gasteiger partial charge is 0.299 e. The van der Waals surface area contributed by atoms with Gasteiger partial charge in [-0.15, -0.1) is 0 Å². The van der Waals surface area contributed by atoms with E-state index in [4.69, 9.17) is 0 Å². The standard InChI is InChI=1S/C26H53N/c1-14-16-22(17-24(8,9)19-23(5,6)7)18-25(10,11)20-26(12,15-2)27(13)21(3)4/h17,21H,14-16,18-20H2,1-13H3/b22-17-. The molecule has 0 spiro atoms. The van der Waals surface area contributed by atoms with Crippen LogP contribution in [0.3, 0.4) is 0 Å². The van der Waals surface area contributed by atoms with Gasteiger partial charge in [-0.3, -0.25) is 4.90 Å². The molecule has 1 heteroatoms. The maximum atomic E-state index is 2.62. The van der Waals surface area contributed by atoms with Crippen LogP contribution in [-0.4, -0.2) is 23.5 Å². The Kier molecular flexibility index (Phi) is 9.84. The Morgan fingerprint density at radius 1 is 0.889 bits per heavy atom. The zero-order valence-corrected chi connectivity index (χ0v) is 21.3. The molecule has 0 aliphatic carbocycles. The van der Waals surface area contributed by atoms with E-state index in [0.29, 0.717) is 16.9 Å². The molecule has 0 rings (SSSR count). The third-order valence-corrected chi connectivity index (χ3v) is 6.10. The van der Waals surface area contributed by atoms with E-state index >= 15 is 0 Å². The lowest BCUT2D eigenvalue weighted by molar-refractivity contribution is 0.0517. The van der Waals surface area contributed by atoms with E-state index in [1.807, 2.05) is 0 Å². The Labute approximate surface area is 173 Å². The highest BCUT2D eigenvalue weighted by Gasteiger charge is 2.36. The summed E-state index contributed by atoms with van der Waals surface area (Å²) in [6, 6.07) is 0.585. The van der Waals surface area contributed by atoms with Crippen molar-refractivity contribution in [1.29, 1.82) is 0 Å². The zero-order chi connectivity index (χ0) is 21.7. The Balaban J connectivity index is 5.51. The van der Waals surface area contributed by atoms with Crippen LogP contribution in [0.15, 0.2) is 11.6 Å². The second-order valence-corrected chi connectivity index (χ2v) is 12.4. The molecule has 27 heavy (non-hydrogen) atoms. The molecule has 0 bridgehead atoms. The molecule has 1 nitrogen and oxygen atoms in total. The van der Waals surface area contributed by atoms with Gasteiger partial charge < -0.3 is 0 Å². The second kappa shape index (κ2) is 9.95. The number of rotatable bonds is 11. The first kappa shape index (κ1) is 26.7. The molecule has 0 N–H and O–H groups in total. The molecule has 0 aromatic carbocycles. The lowest BCUT2D eigenvalue weighted by Crippen LogP contribution is -2.49. The van der Waals surface area contributed by atoms with Gasteiger partial charge in [0, 0.05) is 11.6 Å². The van der Waals surface area contributed by atoms with Crippen LogP contribution in [0.25, 0.3) is 0 Å². The smallest absolute Gasteiger partial charge is 0.0183 e. The molecule has 0 radical (unpaired) electrons. The van der Waals surface area contributed by atoms with E-state index in [9.17, 15) is 0 Å². The molecule has 0 aliphatic heterocycles. The average molecular weight is 380 g/mol. The fourth-order valence-corrected chi connectivity index (χ4v) is 5.33. The molecule has 0 aromatic heterocycles. The van der Waals surface area contributed by atoms with Crippen LogP contribution in [0.5, 0.6) is 0 Å². The Hall–Kier alpha value is -0.300. The summed E-state index contributed by atoms with van der Waals surface area (Å²) in [5.74, 6) is 0. The lowest BCUT2D eigenvalue weighted by Gasteiger charge is -2.46. The van der Waals surface area contributed by atoms with Crippen molar-refractivity contribution < 1.29 is 0 Å². The average Bonchev–Trinajstić information content (AvgIpc) is 2.41. The molecule has 0 fully saturated rings. The van der Waals surface area contributed by atoms with Gasteiger partial charge in [-0.05, 0) is 76.2 Å². The molecule has 1 unspecified atom stereocenters. The minimum Gasteiger partial charge on any atom is -0.299 e. The minimum absolute atomic E-state index is 0.260. The Morgan fingerprint density at radius 2 is 1.41 bits per heavy atom. The van der Waals surface area contributed by atoms with Crippen LogP contribution in [-0.2, 0) is 0 Å². The van der Waals surface area contributed by atoms with Gasteiger partial charge in [0.25, 0.3) is 0 Å². The van der Waals surface area contributed by atoms with E-state index in [2.05, 4.69) is 101 Å². The van der Waals surface area contributed by atoms with Crippen molar-refractivity contribution in [2.24, 2.45) is 16.2 Å². The summed E-state index contributed by atoms with van der Waals surface area (Å²) in [5, 5.41) is 0. The first-order chi connectivity index (χ1) is 12.0. The summed E-state index contributed by atoms with van der Waals surface area (Å²) in [6.45, 7) is 28.7. The predicted molar refractivity (Wildman–Crippen MR) is 125 cm³/mol. The van der Waals surface area contributed by atoms with Gasteiger partial charge in [0.1, 0.15) is 0 Å². The maximum Gasteiger partial charge on any atom is 0.0183 e. The van der Waals surface area contributed by atoms with Gasteiger partial charge >= 0.3 is 0 Å². The topological polar surface area (TPSA) is 3.24 Å². The summed E-state index contributed by atoms with van der Waals surface area (Å²) in [5.41, 5.74) is 2.88. The fourth-order valence-electron chi connectivity index (χ4n) is 5.33. The zero-order valence-electron chi connectivity index (χ0n) is 21.3. The van der Waals surface area contributed by atoms with Crippen LogP contribution in [0.4, 0.5) is 0 Å².